The molecule has 0 fully saturated rings. The standard InChI is InChI=1S/C18H21N3O5.ClH/c1-19-10-11-20(2)18(22)16-12-13(21(23)24)4-9-17(16)26-15-7-5-14(25-3)6-8-15;/h4-9,12,19H,10-11H2,1-3H3;1H. The normalized spacial score (nSPS) is 9.89. The summed E-state index contributed by atoms with van der Waals surface area (Å²) in [7, 11) is 4.98. The third kappa shape index (κ3) is 5.83. The number of methoxy groups -OCH3 is 1. The van der Waals surface area contributed by atoms with E-state index in [0.717, 1.165) is 0 Å². The largest absolute Gasteiger partial charge is 0.497 e. The van der Waals surface area contributed by atoms with Gasteiger partial charge in [0.2, 0.25) is 0 Å². The van der Waals surface area contributed by atoms with Gasteiger partial charge in [-0.25, -0.2) is 0 Å². The summed E-state index contributed by atoms with van der Waals surface area (Å²) in [5.74, 6) is 1.06. The minimum atomic E-state index is -0.540. The molecule has 2 aromatic rings. The first-order chi connectivity index (χ1) is 12.5. The zero-order chi connectivity index (χ0) is 19.1. The van der Waals surface area contributed by atoms with E-state index in [9.17, 15) is 14.9 Å². The molecule has 0 atom stereocenters. The molecule has 0 aliphatic rings. The fraction of sp³-hybridized carbons (Fsp3) is 0.278. The van der Waals surface area contributed by atoms with Gasteiger partial charge in [-0.1, -0.05) is 0 Å². The first kappa shape index (κ1) is 22.2. The number of rotatable bonds is 8. The first-order valence-corrected chi connectivity index (χ1v) is 7.96. The maximum Gasteiger partial charge on any atom is 0.270 e. The van der Waals surface area contributed by atoms with Crippen LogP contribution in [-0.4, -0.2) is 50.0 Å². The smallest absolute Gasteiger partial charge is 0.270 e. The molecule has 0 aliphatic carbocycles. The highest BCUT2D eigenvalue weighted by Gasteiger charge is 2.21. The lowest BCUT2D eigenvalue weighted by Crippen LogP contribution is -2.33. The lowest BCUT2D eigenvalue weighted by molar-refractivity contribution is -0.384. The van der Waals surface area contributed by atoms with Gasteiger partial charge < -0.3 is 19.7 Å². The van der Waals surface area contributed by atoms with Gasteiger partial charge in [0.25, 0.3) is 11.6 Å². The Bertz CT molecular complexity index is 783. The summed E-state index contributed by atoms with van der Waals surface area (Å²) in [4.78, 5) is 24.7. The molecule has 0 aliphatic heterocycles. The molecule has 0 radical (unpaired) electrons. The Balaban J connectivity index is 0.00000364. The van der Waals surface area contributed by atoms with Gasteiger partial charge in [-0.3, -0.25) is 14.9 Å². The van der Waals surface area contributed by atoms with Crippen molar-refractivity contribution in [3.05, 3.63) is 58.1 Å². The van der Waals surface area contributed by atoms with Crippen molar-refractivity contribution in [1.29, 1.82) is 0 Å². The summed E-state index contributed by atoms with van der Waals surface area (Å²) in [5, 5.41) is 14.0. The number of nitrogens with zero attached hydrogens (tertiary/aromatic N) is 2. The van der Waals surface area contributed by atoms with Crippen molar-refractivity contribution >= 4 is 24.0 Å². The van der Waals surface area contributed by atoms with E-state index in [1.165, 1.54) is 23.1 Å². The summed E-state index contributed by atoms with van der Waals surface area (Å²) in [6.07, 6.45) is 0. The minimum Gasteiger partial charge on any atom is -0.497 e. The Morgan fingerprint density at radius 2 is 1.81 bits per heavy atom. The Morgan fingerprint density at radius 3 is 2.37 bits per heavy atom. The van der Waals surface area contributed by atoms with Gasteiger partial charge in [0.1, 0.15) is 17.2 Å². The average molecular weight is 396 g/mol. The number of nitro benzene ring substituents is 1. The number of hydrogen-bond acceptors (Lipinski definition) is 6. The van der Waals surface area contributed by atoms with Crippen molar-refractivity contribution in [2.45, 2.75) is 0 Å². The Labute approximate surface area is 163 Å². The zero-order valence-electron chi connectivity index (χ0n) is 15.3. The summed E-state index contributed by atoms with van der Waals surface area (Å²) in [5.41, 5.74) is -0.0360. The van der Waals surface area contributed by atoms with Gasteiger partial charge in [0.05, 0.1) is 17.6 Å². The van der Waals surface area contributed by atoms with E-state index in [2.05, 4.69) is 5.32 Å². The van der Waals surface area contributed by atoms with Crippen molar-refractivity contribution in [1.82, 2.24) is 10.2 Å². The van der Waals surface area contributed by atoms with E-state index in [-0.39, 0.29) is 35.3 Å². The molecule has 9 heteroatoms. The summed E-state index contributed by atoms with van der Waals surface area (Å²) in [6, 6.07) is 10.8. The van der Waals surface area contributed by atoms with Gasteiger partial charge in [0, 0.05) is 32.3 Å². The van der Waals surface area contributed by atoms with Crippen LogP contribution in [0.15, 0.2) is 42.5 Å². The number of benzene rings is 2. The fourth-order valence-corrected chi connectivity index (χ4v) is 2.25. The quantitative estimate of drug-likeness (QED) is 0.545. The number of hydrogen-bond donors (Lipinski definition) is 1. The number of carbonyl (C=O) groups excluding carboxylic acids is 1. The van der Waals surface area contributed by atoms with Crippen molar-refractivity contribution in [3.63, 3.8) is 0 Å². The molecule has 146 valence electrons. The molecule has 0 heterocycles. The molecule has 1 N–H and O–H groups in total. The molecular formula is C18H22ClN3O5. The summed E-state index contributed by atoms with van der Waals surface area (Å²) < 4.78 is 10.9. The monoisotopic (exact) mass is 395 g/mol. The minimum absolute atomic E-state index is 0. The third-order valence-corrected chi connectivity index (χ3v) is 3.74. The van der Waals surface area contributed by atoms with Crippen molar-refractivity contribution in [2.75, 3.05) is 34.3 Å². The van der Waals surface area contributed by atoms with Crippen LogP contribution < -0.4 is 14.8 Å². The fourth-order valence-electron chi connectivity index (χ4n) is 2.25. The zero-order valence-corrected chi connectivity index (χ0v) is 16.1. The SMILES string of the molecule is CNCCN(C)C(=O)c1cc([N+](=O)[O-])ccc1Oc1ccc(OC)cc1.Cl. The summed E-state index contributed by atoms with van der Waals surface area (Å²) in [6.45, 7) is 1.06. The summed E-state index contributed by atoms with van der Waals surface area (Å²) >= 11 is 0. The van der Waals surface area contributed by atoms with Crippen molar-refractivity contribution < 1.29 is 19.2 Å². The highest BCUT2D eigenvalue weighted by atomic mass is 35.5. The van der Waals surface area contributed by atoms with Crippen LogP contribution in [0.25, 0.3) is 0 Å². The van der Waals surface area contributed by atoms with Crippen LogP contribution in [0.4, 0.5) is 5.69 Å². The number of carbonyl (C=O) groups is 1. The molecular weight excluding hydrogens is 374 g/mol. The van der Waals surface area contributed by atoms with E-state index >= 15 is 0 Å². The van der Waals surface area contributed by atoms with Gasteiger partial charge in [-0.05, 0) is 37.4 Å². The molecule has 0 unspecified atom stereocenters. The van der Waals surface area contributed by atoms with Crippen molar-refractivity contribution in [2.24, 2.45) is 0 Å². The topological polar surface area (TPSA) is 93.9 Å². The van der Waals surface area contributed by atoms with E-state index in [4.69, 9.17) is 9.47 Å². The van der Waals surface area contributed by atoms with E-state index in [1.807, 2.05) is 0 Å². The molecule has 0 saturated carbocycles. The number of amides is 1. The molecule has 1 amide bonds. The van der Waals surface area contributed by atoms with Crippen LogP contribution in [0, 0.1) is 10.1 Å². The number of nitro groups is 1. The molecule has 8 nitrogen and oxygen atoms in total. The number of halogens is 1. The van der Waals surface area contributed by atoms with Crippen LogP contribution in [0.1, 0.15) is 10.4 Å². The molecule has 2 rings (SSSR count). The Hall–Kier alpha value is -2.84. The molecule has 0 saturated heterocycles. The number of ether oxygens (including phenoxy) is 2. The lowest BCUT2D eigenvalue weighted by Gasteiger charge is -2.19. The van der Waals surface area contributed by atoms with Gasteiger partial charge in [-0.2, -0.15) is 0 Å². The van der Waals surface area contributed by atoms with Crippen molar-refractivity contribution in [3.8, 4) is 17.2 Å². The van der Waals surface area contributed by atoms with Crippen LogP contribution >= 0.6 is 12.4 Å². The highest BCUT2D eigenvalue weighted by Crippen LogP contribution is 2.30. The number of non-ortho nitro benzene ring substituents is 1. The predicted molar refractivity (Wildman–Crippen MR) is 104 cm³/mol. The molecule has 27 heavy (non-hydrogen) atoms. The average Bonchev–Trinajstić information content (AvgIpc) is 2.66. The van der Waals surface area contributed by atoms with Crippen LogP contribution in [-0.2, 0) is 0 Å². The molecule has 0 aromatic heterocycles. The molecule has 2 aromatic carbocycles. The number of nitrogens with one attached hydrogen (secondary N) is 1. The van der Waals surface area contributed by atoms with Gasteiger partial charge >= 0.3 is 0 Å². The van der Waals surface area contributed by atoms with E-state index in [0.29, 0.717) is 24.6 Å². The second-order valence-electron chi connectivity index (χ2n) is 5.55. The Kier molecular flexibility index (Phi) is 8.50. The third-order valence-electron chi connectivity index (χ3n) is 3.74. The molecule has 0 spiro atoms. The van der Waals surface area contributed by atoms with Crippen LogP contribution in [0.5, 0.6) is 17.2 Å². The van der Waals surface area contributed by atoms with Gasteiger partial charge in [0.15, 0.2) is 0 Å². The second-order valence-corrected chi connectivity index (χ2v) is 5.55. The lowest BCUT2D eigenvalue weighted by atomic mass is 10.1. The predicted octanol–water partition coefficient (Wildman–Crippen LogP) is 3.11. The van der Waals surface area contributed by atoms with Gasteiger partial charge in [-0.15, -0.1) is 12.4 Å². The first-order valence-electron chi connectivity index (χ1n) is 7.96. The highest BCUT2D eigenvalue weighted by molar-refractivity contribution is 5.97. The van der Waals surface area contributed by atoms with Crippen LogP contribution in [0.2, 0.25) is 0 Å². The maximum absolute atomic E-state index is 12.7. The number of likely N-dealkylation sites (N-methyl/N-ethyl adjacent to an activating group) is 2. The second kappa shape index (κ2) is 10.3. The molecule has 0 bridgehead atoms. The van der Waals surface area contributed by atoms with Crippen LogP contribution in [0.3, 0.4) is 0 Å². The maximum atomic E-state index is 12.7. The Morgan fingerprint density at radius 1 is 1.19 bits per heavy atom. The van der Waals surface area contributed by atoms with E-state index < -0.39 is 4.92 Å². The van der Waals surface area contributed by atoms with E-state index in [1.54, 1.807) is 45.5 Å².